The third-order valence-electron chi connectivity index (χ3n) is 3.59. The average molecular weight is 339 g/mol. The Morgan fingerprint density at radius 2 is 2.12 bits per heavy atom. The number of anilines is 1. The van der Waals surface area contributed by atoms with Crippen molar-refractivity contribution in [1.82, 2.24) is 19.6 Å². The van der Waals surface area contributed by atoms with E-state index < -0.39 is 5.91 Å². The molecule has 8 heteroatoms. The molecule has 3 heterocycles. The Labute approximate surface area is 140 Å². The van der Waals surface area contributed by atoms with Crippen LogP contribution in [0.1, 0.15) is 21.7 Å². The van der Waals surface area contributed by atoms with E-state index in [0.717, 1.165) is 15.8 Å². The monoisotopic (exact) mass is 339 g/mol. The molecule has 0 aliphatic heterocycles. The molecular weight excluding hydrogens is 326 g/mol. The third kappa shape index (κ3) is 2.46. The molecule has 0 fully saturated rings. The number of aromatic amines is 1. The van der Waals surface area contributed by atoms with Gasteiger partial charge in [-0.1, -0.05) is 17.4 Å². The molecule has 120 valence electrons. The molecule has 0 bridgehead atoms. The van der Waals surface area contributed by atoms with E-state index in [9.17, 15) is 9.59 Å². The Balaban J connectivity index is 1.67. The first-order valence-corrected chi connectivity index (χ1v) is 8.09. The van der Waals surface area contributed by atoms with E-state index in [1.165, 1.54) is 21.9 Å². The summed E-state index contributed by atoms with van der Waals surface area (Å²) in [6, 6.07) is 7.38. The minimum atomic E-state index is -0.397. The highest BCUT2D eigenvalue weighted by Crippen LogP contribution is 2.26. The smallest absolute Gasteiger partial charge is 0.277 e. The first-order chi connectivity index (χ1) is 11.5. The molecule has 24 heavy (non-hydrogen) atoms. The van der Waals surface area contributed by atoms with Crippen LogP contribution in [0.5, 0.6) is 0 Å². The second-order valence-corrected chi connectivity index (χ2v) is 6.60. The van der Waals surface area contributed by atoms with Gasteiger partial charge in [0.1, 0.15) is 5.52 Å². The lowest BCUT2D eigenvalue weighted by molar-refractivity contribution is 0.102. The number of amides is 1. The number of benzene rings is 1. The van der Waals surface area contributed by atoms with Crippen molar-refractivity contribution in [3.63, 3.8) is 0 Å². The highest BCUT2D eigenvalue weighted by molar-refractivity contribution is 7.22. The molecule has 4 aromatic rings. The zero-order valence-corrected chi connectivity index (χ0v) is 13.8. The normalized spacial score (nSPS) is 11.2. The van der Waals surface area contributed by atoms with Crippen molar-refractivity contribution in [1.29, 1.82) is 0 Å². The Hall–Kier alpha value is -3.00. The molecule has 0 unspecified atom stereocenters. The molecule has 0 atom stereocenters. The van der Waals surface area contributed by atoms with Crippen LogP contribution < -0.4 is 10.9 Å². The number of carbonyl (C=O) groups is 1. The second-order valence-electron chi connectivity index (χ2n) is 5.57. The number of nitrogens with one attached hydrogen (secondary N) is 2. The van der Waals surface area contributed by atoms with Gasteiger partial charge in [0.25, 0.3) is 11.5 Å². The predicted octanol–water partition coefficient (Wildman–Crippen LogP) is 2.50. The number of H-pyrrole nitrogens is 1. The van der Waals surface area contributed by atoms with Gasteiger partial charge in [-0.25, -0.2) is 9.50 Å². The molecule has 3 aromatic heterocycles. The Morgan fingerprint density at radius 1 is 1.29 bits per heavy atom. The molecule has 0 aliphatic rings. The number of hydrogen-bond donors (Lipinski definition) is 2. The molecule has 0 saturated carbocycles. The summed E-state index contributed by atoms with van der Waals surface area (Å²) in [5.74, 6) is -0.397. The highest BCUT2D eigenvalue weighted by Gasteiger charge is 2.15. The van der Waals surface area contributed by atoms with Gasteiger partial charge in [-0.3, -0.25) is 14.9 Å². The number of hydrogen-bond acceptors (Lipinski definition) is 5. The summed E-state index contributed by atoms with van der Waals surface area (Å²) >= 11 is 1.40. The maximum Gasteiger partial charge on any atom is 0.277 e. The van der Waals surface area contributed by atoms with Crippen LogP contribution in [0.25, 0.3) is 15.7 Å². The van der Waals surface area contributed by atoms with E-state index in [0.29, 0.717) is 16.3 Å². The lowest BCUT2D eigenvalue weighted by Gasteiger charge is -1.96. The fourth-order valence-corrected chi connectivity index (χ4v) is 3.44. The molecule has 1 aromatic carbocycles. The van der Waals surface area contributed by atoms with Crippen LogP contribution >= 0.6 is 11.3 Å². The van der Waals surface area contributed by atoms with Gasteiger partial charge in [0.05, 0.1) is 10.2 Å². The van der Waals surface area contributed by atoms with Gasteiger partial charge in [0.2, 0.25) is 0 Å². The van der Waals surface area contributed by atoms with Gasteiger partial charge in [-0.15, -0.1) is 0 Å². The zero-order valence-electron chi connectivity index (χ0n) is 13.0. The number of nitrogens with zero attached hydrogens (tertiary/aromatic N) is 3. The standard InChI is InChI=1S/C16H13N5O2S/c1-8-3-4-10-13(5-8)24-16(18-10)19-14(22)11-6-12-15(23)17-9(2)7-21(12)20-11/h3-7H,1-2H3,(H,17,23)(H,18,19,22). The first-order valence-electron chi connectivity index (χ1n) is 7.27. The number of fused-ring (bicyclic) bond motifs is 2. The average Bonchev–Trinajstić information content (AvgIpc) is 3.10. The molecule has 2 N–H and O–H groups in total. The van der Waals surface area contributed by atoms with E-state index in [2.05, 4.69) is 20.4 Å². The molecule has 0 saturated heterocycles. The van der Waals surface area contributed by atoms with E-state index in [1.807, 2.05) is 25.1 Å². The second kappa shape index (κ2) is 5.27. The van der Waals surface area contributed by atoms with Crippen molar-refractivity contribution < 1.29 is 4.79 Å². The summed E-state index contributed by atoms with van der Waals surface area (Å²) in [7, 11) is 0. The number of thiazole rings is 1. The summed E-state index contributed by atoms with van der Waals surface area (Å²) < 4.78 is 2.41. The van der Waals surface area contributed by atoms with Crippen LogP contribution in [0.2, 0.25) is 0 Å². The van der Waals surface area contributed by atoms with Crippen LogP contribution in [-0.2, 0) is 0 Å². The number of rotatable bonds is 2. The van der Waals surface area contributed by atoms with Crippen LogP contribution in [0.4, 0.5) is 5.13 Å². The van der Waals surface area contributed by atoms with E-state index in [1.54, 1.807) is 13.1 Å². The molecule has 7 nitrogen and oxygen atoms in total. The zero-order chi connectivity index (χ0) is 16.8. The summed E-state index contributed by atoms with van der Waals surface area (Å²) in [5.41, 5.74) is 2.86. The molecular formula is C16H13N5O2S. The van der Waals surface area contributed by atoms with Gasteiger partial charge in [0.15, 0.2) is 10.8 Å². The lowest BCUT2D eigenvalue weighted by atomic mass is 10.2. The summed E-state index contributed by atoms with van der Waals surface area (Å²) in [6.45, 7) is 3.76. The van der Waals surface area contributed by atoms with Crippen molar-refractivity contribution in [2.45, 2.75) is 13.8 Å². The Morgan fingerprint density at radius 3 is 2.96 bits per heavy atom. The minimum absolute atomic E-state index is 0.168. The van der Waals surface area contributed by atoms with Gasteiger partial charge in [-0.05, 0) is 31.5 Å². The van der Waals surface area contributed by atoms with Crippen LogP contribution in [0.3, 0.4) is 0 Å². The Bertz CT molecular complexity index is 1150. The Kier molecular flexibility index (Phi) is 3.20. The summed E-state index contributed by atoms with van der Waals surface area (Å²) in [6.07, 6.45) is 1.66. The molecule has 4 rings (SSSR count). The predicted molar refractivity (Wildman–Crippen MR) is 92.9 cm³/mol. The maximum absolute atomic E-state index is 12.4. The van der Waals surface area contributed by atoms with Gasteiger partial charge >= 0.3 is 0 Å². The quantitative estimate of drug-likeness (QED) is 0.587. The van der Waals surface area contributed by atoms with Crippen molar-refractivity contribution in [3.05, 3.63) is 57.8 Å². The largest absolute Gasteiger partial charge is 0.323 e. The van der Waals surface area contributed by atoms with Crippen LogP contribution in [0, 0.1) is 13.8 Å². The minimum Gasteiger partial charge on any atom is -0.323 e. The van der Waals surface area contributed by atoms with Gasteiger partial charge in [0, 0.05) is 18.0 Å². The maximum atomic E-state index is 12.4. The van der Waals surface area contributed by atoms with Crippen molar-refractivity contribution >= 4 is 38.1 Å². The number of aryl methyl sites for hydroxylation is 2. The van der Waals surface area contributed by atoms with E-state index in [-0.39, 0.29) is 11.3 Å². The first kappa shape index (κ1) is 14.6. The molecule has 0 radical (unpaired) electrons. The lowest BCUT2D eigenvalue weighted by Crippen LogP contribution is -2.12. The highest BCUT2D eigenvalue weighted by atomic mass is 32.1. The summed E-state index contributed by atoms with van der Waals surface area (Å²) in [4.78, 5) is 31.3. The number of aromatic nitrogens is 4. The molecule has 0 spiro atoms. The van der Waals surface area contributed by atoms with Crippen LogP contribution in [0.15, 0.2) is 35.3 Å². The fraction of sp³-hybridized carbons (Fsp3) is 0.125. The third-order valence-corrected chi connectivity index (χ3v) is 4.53. The van der Waals surface area contributed by atoms with Crippen LogP contribution in [-0.4, -0.2) is 25.5 Å². The number of carbonyl (C=O) groups excluding carboxylic acids is 1. The molecule has 0 aliphatic carbocycles. The van der Waals surface area contributed by atoms with E-state index >= 15 is 0 Å². The van der Waals surface area contributed by atoms with Crippen molar-refractivity contribution in [3.8, 4) is 0 Å². The van der Waals surface area contributed by atoms with Crippen molar-refractivity contribution in [2.75, 3.05) is 5.32 Å². The van der Waals surface area contributed by atoms with Crippen molar-refractivity contribution in [2.24, 2.45) is 0 Å². The van der Waals surface area contributed by atoms with E-state index in [4.69, 9.17) is 0 Å². The topological polar surface area (TPSA) is 92.1 Å². The molecule has 1 amide bonds. The van der Waals surface area contributed by atoms with Gasteiger partial charge < -0.3 is 4.98 Å². The summed E-state index contributed by atoms with van der Waals surface area (Å²) in [5, 5.41) is 7.41. The fourth-order valence-electron chi connectivity index (χ4n) is 2.48. The van der Waals surface area contributed by atoms with Gasteiger partial charge in [-0.2, -0.15) is 5.10 Å². The SMILES string of the molecule is Cc1ccc2nc(NC(=O)c3cc4c(=O)[nH]c(C)cn4n3)sc2c1.